The van der Waals surface area contributed by atoms with Gasteiger partial charge in [0, 0.05) is 106 Å². The molecule has 0 unspecified atom stereocenters. The molecule has 0 saturated heterocycles. The van der Waals surface area contributed by atoms with Gasteiger partial charge >= 0.3 is 23.9 Å². The Morgan fingerprint density at radius 3 is 1.19 bits per heavy atom. The topological polar surface area (TPSA) is 911 Å². The number of benzene rings is 3. The molecular formula is C86H120N18O36S3. The minimum Gasteiger partial charge on any atom is -0.481 e. The lowest BCUT2D eigenvalue weighted by molar-refractivity contribution is -0.142. The molecule has 2 aromatic heterocycles. The highest BCUT2D eigenvalue weighted by Gasteiger charge is 2.40. The Labute approximate surface area is 825 Å². The standard InChI is InChI=1S/C86H120N18O36S3/c1-141-143-38-54(85(139)140)102-82(135)53(30-89-64(117)26-27-142-37-46-44-8-4-2-6-42(44)43-7-3-5-9-45(43)46)101-81(134)49(16-22-63(116)92-33-57(110)71(125)74(128)60(113)36-107)97-80(133)51(19-25-67(121)122)99-78(131)48(15-21-62(115)91-32-56(109)70(124)73(127)59(112)35-106)96-79(132)50(18-24-66(119)120)98-77(130)47(14-20-61(114)90-31-55(108)69(123)72(126)58(111)34-105)95-65(118)23-17-52(84(137)138)100-76(129)39-10-12-40(13-11-39)88-28-41-29-93-75-68(94-41)83(136)104-86(87)103-75/h2-13,29,46-60,69-74,88,105-113,123-128H,14-28,30-38H2,1H3,(H,89,117)(H,90,114)(H,91,115)(H,92,116)(H,95,118)(H,96,132)(H,97,133)(H,98,130)(H,99,131)(H,100,129)(H,101,134)(H,102,135)(H,119,120)(H,121,122)(H,137,138)(H,139,140)(H3,87,93,103,104,136)/t47-,48-,49-,50-,51-,52-,53-,54-,55-,56-,57-,58+,59+,60+,69+,70+,71+,72+,73+,74+/m0/s1. The van der Waals surface area contributed by atoms with E-state index in [1.807, 2.05) is 48.5 Å². The summed E-state index contributed by atoms with van der Waals surface area (Å²) < 4.78 is 0. The van der Waals surface area contributed by atoms with Crippen molar-refractivity contribution < 1.29 is 174 Å². The van der Waals surface area contributed by atoms with E-state index in [1.54, 1.807) is 6.26 Å². The number of carbonyl (C=O) groups is 16. The molecule has 3 aromatic carbocycles. The predicted octanol–water partition coefficient (Wildman–Crippen LogP) is -10.9. The molecule has 1 aliphatic rings. The van der Waals surface area contributed by atoms with Crippen molar-refractivity contribution in [2.24, 2.45) is 0 Å². The first-order valence-corrected chi connectivity index (χ1v) is 48.3. The second-order valence-corrected chi connectivity index (χ2v) is 36.5. The summed E-state index contributed by atoms with van der Waals surface area (Å²) in [7, 11) is 2.09. The van der Waals surface area contributed by atoms with Gasteiger partial charge in [-0.3, -0.25) is 76.9 Å². The normalized spacial score (nSPS) is 15.9. The lowest BCUT2D eigenvalue weighted by atomic mass is 9.99. The minimum absolute atomic E-state index is 0.0117. The molecule has 20 atom stereocenters. The second kappa shape index (κ2) is 60.1. The van der Waals surface area contributed by atoms with E-state index in [1.165, 1.54) is 42.2 Å². The van der Waals surface area contributed by atoms with Gasteiger partial charge in [-0.05, 0) is 91.3 Å². The van der Waals surface area contributed by atoms with Crippen LogP contribution in [0.3, 0.4) is 0 Å². The van der Waals surface area contributed by atoms with Crippen molar-refractivity contribution in [3.05, 3.63) is 112 Å². The number of carbonyl (C=O) groups excluding carboxylic acids is 12. The summed E-state index contributed by atoms with van der Waals surface area (Å²) in [6.45, 7) is -7.01. The molecule has 0 fully saturated rings. The zero-order valence-electron chi connectivity index (χ0n) is 76.7. The van der Waals surface area contributed by atoms with E-state index in [0.717, 1.165) is 43.8 Å². The number of thioether (sulfide) groups is 1. The molecule has 0 bridgehead atoms. The smallest absolute Gasteiger partial charge is 0.327 e. The molecule has 57 heteroatoms. The monoisotopic (exact) mass is 2080 g/mol. The third kappa shape index (κ3) is 38.9. The Morgan fingerprint density at radius 2 is 0.776 bits per heavy atom. The van der Waals surface area contributed by atoms with Gasteiger partial charge in [0.15, 0.2) is 11.2 Å². The number of aliphatic carboxylic acids is 4. The molecule has 0 spiro atoms. The number of anilines is 2. The van der Waals surface area contributed by atoms with E-state index >= 15 is 9.59 Å². The Hall–Kier alpha value is -12.6. The molecule has 1 aliphatic carbocycles. The first kappa shape index (κ1) is 119. The number of aliphatic hydroxyl groups is 15. The van der Waals surface area contributed by atoms with Crippen LogP contribution in [0.2, 0.25) is 0 Å². The summed E-state index contributed by atoms with van der Waals surface area (Å²) in [6, 6.07) is 4.16. The van der Waals surface area contributed by atoms with Gasteiger partial charge in [0.1, 0.15) is 103 Å². The molecule has 6 rings (SSSR count). The Balaban J connectivity index is 1.32. The van der Waals surface area contributed by atoms with Crippen molar-refractivity contribution in [3.8, 4) is 11.1 Å². The van der Waals surface area contributed by atoms with Crippen LogP contribution < -0.4 is 80.4 Å². The van der Waals surface area contributed by atoms with Gasteiger partial charge in [0.25, 0.3) is 11.5 Å². The van der Waals surface area contributed by atoms with E-state index in [9.17, 15) is 169 Å². The SMILES string of the molecule is CSSC[C@H](NC(=O)[C@H](CNC(=O)CCSCC1c2ccccc2-c2ccccc21)NC(=O)[C@H](CCC(=O)NC[C@H](O)[C@@H](O)[C@H](O)[C@H](O)CO)NC(=O)[C@H](CCC(=O)O)NC(=O)[C@H](CCC(=O)NC[C@H](O)[C@@H](O)[C@H](O)[C@H](O)CO)NC(=O)[C@H](CCC(=O)O)NC(=O)[C@H](CCC(=O)NC[C@H](O)[C@@H](O)[C@H](O)[C@H](O)CO)NC(=O)CC[C@H](NC(=O)c1ccc(NCc2cnc3nc(N)[nH]c(=O)c3n2)cc1)C(=O)O)C(=O)O. The maximum Gasteiger partial charge on any atom is 0.327 e. The van der Waals surface area contributed by atoms with Gasteiger partial charge in [-0.15, -0.1) is 0 Å². The van der Waals surface area contributed by atoms with E-state index in [2.05, 4.69) is 89.1 Å². The fraction of sp³-hybridized carbons (Fsp3) is 0.535. The number of carboxylic acid groups (broad SMARTS) is 4. The van der Waals surface area contributed by atoms with Crippen LogP contribution in [-0.2, 0) is 78.5 Å². The number of aromatic amines is 1. The zero-order valence-corrected chi connectivity index (χ0v) is 79.1. The Kier molecular flexibility index (Phi) is 50.1. The number of nitrogens with zero attached hydrogens (tertiary/aromatic N) is 3. The van der Waals surface area contributed by atoms with Crippen LogP contribution in [-0.4, -0.2) is 403 Å². The summed E-state index contributed by atoms with van der Waals surface area (Å²) >= 11 is 1.41. The molecule has 0 saturated carbocycles. The predicted molar refractivity (Wildman–Crippen MR) is 504 cm³/mol. The van der Waals surface area contributed by atoms with Gasteiger partial charge in [0.05, 0.1) is 56.6 Å². The summed E-state index contributed by atoms with van der Waals surface area (Å²) in [5.41, 5.74) is 9.51. The molecule has 2 heterocycles. The minimum atomic E-state index is -2.32. The van der Waals surface area contributed by atoms with Gasteiger partial charge in [-0.2, -0.15) is 16.7 Å². The molecule has 54 nitrogen and oxygen atoms in total. The number of carboxylic acids is 4. The van der Waals surface area contributed by atoms with Gasteiger partial charge in [-0.1, -0.05) is 70.1 Å². The fourth-order valence-corrected chi connectivity index (χ4v) is 16.4. The molecule has 12 amide bonds. The van der Waals surface area contributed by atoms with Crippen molar-refractivity contribution in [1.82, 2.24) is 83.7 Å². The summed E-state index contributed by atoms with van der Waals surface area (Å²) in [5, 5.41) is 222. The van der Waals surface area contributed by atoms with Crippen LogP contribution in [0.1, 0.15) is 117 Å². The number of amides is 12. The van der Waals surface area contributed by atoms with Crippen molar-refractivity contribution in [2.75, 3.05) is 80.6 Å². The van der Waals surface area contributed by atoms with Crippen LogP contribution in [0.25, 0.3) is 22.3 Å². The van der Waals surface area contributed by atoms with Crippen LogP contribution in [0.4, 0.5) is 11.6 Å². The van der Waals surface area contributed by atoms with Crippen molar-refractivity contribution in [2.45, 2.75) is 218 Å². The Bertz CT molecular complexity index is 5170. The highest BCUT2D eigenvalue weighted by molar-refractivity contribution is 8.76. The maximum absolute atomic E-state index is 15.1. The second-order valence-electron chi connectivity index (χ2n) is 32.7. The van der Waals surface area contributed by atoms with Crippen molar-refractivity contribution >= 4 is 151 Å². The average molecular weight is 2080 g/mol. The van der Waals surface area contributed by atoms with E-state index in [4.69, 9.17) is 5.73 Å². The molecule has 0 radical (unpaired) electrons. The number of aromatic nitrogens is 4. The number of nitrogens with two attached hydrogens (primary N) is 1. The van der Waals surface area contributed by atoms with E-state index < -0.39 is 345 Å². The summed E-state index contributed by atoms with van der Waals surface area (Å²) in [6.07, 6.45) is -34.5. The number of hydrogen-bond donors (Lipinski definition) is 34. The molecule has 788 valence electrons. The van der Waals surface area contributed by atoms with Crippen molar-refractivity contribution in [3.63, 3.8) is 0 Å². The highest BCUT2D eigenvalue weighted by Crippen LogP contribution is 2.46. The molecule has 5 aromatic rings. The Morgan fingerprint density at radius 1 is 0.413 bits per heavy atom. The first-order chi connectivity index (χ1) is 67.8. The van der Waals surface area contributed by atoms with Crippen LogP contribution in [0.15, 0.2) is 83.8 Å². The molecular weight excluding hydrogens is 1960 g/mol. The third-order valence-corrected chi connectivity index (χ3v) is 25.0. The fourth-order valence-electron chi connectivity index (χ4n) is 14.0. The van der Waals surface area contributed by atoms with Gasteiger partial charge in [0.2, 0.25) is 70.9 Å². The number of nitrogen functional groups attached to an aromatic ring is 1. The average Bonchev–Trinajstić information content (AvgIpc) is 1.60. The first-order valence-electron chi connectivity index (χ1n) is 44.4. The molecule has 0 aliphatic heterocycles. The van der Waals surface area contributed by atoms with Gasteiger partial charge in [-0.25, -0.2) is 19.6 Å². The van der Waals surface area contributed by atoms with Crippen LogP contribution >= 0.6 is 33.3 Å². The third-order valence-electron chi connectivity index (χ3n) is 22.2. The summed E-state index contributed by atoms with van der Waals surface area (Å²) in [4.78, 5) is 248. The number of H-pyrrole nitrogens is 1. The number of nitrogens with one attached hydrogen (secondary N) is 14. The number of fused-ring (bicyclic) bond motifs is 4. The number of rotatable bonds is 66. The molecule has 143 heavy (non-hydrogen) atoms. The highest BCUT2D eigenvalue weighted by atomic mass is 33.1. The lowest BCUT2D eigenvalue weighted by Crippen LogP contribution is -2.61. The van der Waals surface area contributed by atoms with Crippen molar-refractivity contribution in [1.29, 1.82) is 0 Å². The summed E-state index contributed by atoms with van der Waals surface area (Å²) in [5.74, 6) is -22.0. The lowest BCUT2D eigenvalue weighted by Gasteiger charge is -2.28. The largest absolute Gasteiger partial charge is 0.481 e. The van der Waals surface area contributed by atoms with Crippen LogP contribution in [0.5, 0.6) is 0 Å². The number of hydrogen-bond acceptors (Lipinski definition) is 40. The van der Waals surface area contributed by atoms with Gasteiger partial charge < -0.3 is 172 Å². The van der Waals surface area contributed by atoms with E-state index in [0.29, 0.717) is 11.4 Å². The number of aliphatic hydroxyl groups excluding tert-OH is 15. The van der Waals surface area contributed by atoms with E-state index in [-0.39, 0.29) is 58.8 Å². The van der Waals surface area contributed by atoms with Crippen LogP contribution in [0, 0.1) is 0 Å². The maximum atomic E-state index is 15.1. The zero-order chi connectivity index (χ0) is 106. The molecule has 35 N–H and O–H groups in total. The quantitative estimate of drug-likeness (QED) is 0.0127.